The van der Waals surface area contributed by atoms with Crippen LogP contribution in [0.5, 0.6) is 0 Å². The predicted molar refractivity (Wildman–Crippen MR) is 140 cm³/mol. The molecule has 1 fully saturated rings. The van der Waals surface area contributed by atoms with Gasteiger partial charge in [-0.25, -0.2) is 9.18 Å². The minimum absolute atomic E-state index is 0.0254. The van der Waals surface area contributed by atoms with Crippen molar-refractivity contribution >= 4 is 23.5 Å². The SMILES string of the molecule is CC(C)CCNC(=O)Nc1ccc(C(=O)N2CCN(Cc3ccc(C(=O)NC(C)(C)C)o3)CC2)cc1F. The van der Waals surface area contributed by atoms with Crippen LogP contribution < -0.4 is 16.0 Å². The van der Waals surface area contributed by atoms with Crippen LogP contribution >= 0.6 is 0 Å². The number of nitrogens with one attached hydrogen (secondary N) is 3. The highest BCUT2D eigenvalue weighted by molar-refractivity contribution is 5.96. The zero-order valence-electron chi connectivity index (χ0n) is 22.3. The van der Waals surface area contributed by atoms with Gasteiger partial charge in [-0.3, -0.25) is 14.5 Å². The first-order chi connectivity index (χ1) is 17.4. The summed E-state index contributed by atoms with van der Waals surface area (Å²) in [4.78, 5) is 41.0. The third-order valence-electron chi connectivity index (χ3n) is 5.88. The first-order valence-corrected chi connectivity index (χ1v) is 12.7. The molecule has 0 unspecified atom stereocenters. The summed E-state index contributed by atoms with van der Waals surface area (Å²) in [5, 5.41) is 8.05. The number of amides is 4. The topological polar surface area (TPSA) is 107 Å². The fourth-order valence-corrected chi connectivity index (χ4v) is 3.89. The number of rotatable bonds is 8. The van der Waals surface area contributed by atoms with Gasteiger partial charge in [-0.2, -0.15) is 0 Å². The highest BCUT2D eigenvalue weighted by Crippen LogP contribution is 2.19. The van der Waals surface area contributed by atoms with Gasteiger partial charge in [0.25, 0.3) is 11.8 Å². The van der Waals surface area contributed by atoms with Crippen LogP contribution in [-0.4, -0.2) is 65.9 Å². The Morgan fingerprint density at radius 1 is 1.05 bits per heavy atom. The molecule has 0 aliphatic carbocycles. The fourth-order valence-electron chi connectivity index (χ4n) is 3.89. The van der Waals surface area contributed by atoms with Crippen LogP contribution in [0.1, 0.15) is 67.7 Å². The maximum atomic E-state index is 14.6. The number of benzene rings is 1. The van der Waals surface area contributed by atoms with Gasteiger partial charge in [0.1, 0.15) is 11.6 Å². The van der Waals surface area contributed by atoms with E-state index in [-0.39, 0.29) is 34.4 Å². The molecule has 9 nitrogen and oxygen atoms in total. The van der Waals surface area contributed by atoms with E-state index in [1.807, 2.05) is 20.8 Å². The molecule has 202 valence electrons. The van der Waals surface area contributed by atoms with Gasteiger partial charge in [0.15, 0.2) is 5.76 Å². The Hall–Kier alpha value is -3.40. The van der Waals surface area contributed by atoms with Gasteiger partial charge in [0.2, 0.25) is 0 Å². The van der Waals surface area contributed by atoms with Crippen LogP contribution in [-0.2, 0) is 6.54 Å². The molecule has 0 atom stereocenters. The lowest BCUT2D eigenvalue weighted by atomic mass is 10.1. The van der Waals surface area contributed by atoms with Crippen molar-refractivity contribution in [3.63, 3.8) is 0 Å². The summed E-state index contributed by atoms with van der Waals surface area (Å²) >= 11 is 0. The van der Waals surface area contributed by atoms with Crippen LogP contribution in [0.2, 0.25) is 0 Å². The average Bonchev–Trinajstić information content (AvgIpc) is 3.28. The summed E-state index contributed by atoms with van der Waals surface area (Å²) < 4.78 is 20.3. The van der Waals surface area contributed by atoms with Gasteiger partial charge in [-0.1, -0.05) is 13.8 Å². The molecule has 1 aromatic carbocycles. The lowest BCUT2D eigenvalue weighted by Crippen LogP contribution is -2.48. The largest absolute Gasteiger partial charge is 0.455 e. The van der Waals surface area contributed by atoms with Gasteiger partial charge < -0.3 is 25.3 Å². The molecular weight excluding hydrogens is 477 g/mol. The van der Waals surface area contributed by atoms with Crippen molar-refractivity contribution in [1.29, 1.82) is 0 Å². The second-order valence-electron chi connectivity index (χ2n) is 10.8. The Morgan fingerprint density at radius 3 is 2.38 bits per heavy atom. The van der Waals surface area contributed by atoms with E-state index < -0.39 is 11.8 Å². The molecule has 1 aliphatic rings. The molecule has 4 amide bonds. The number of hydrogen-bond donors (Lipinski definition) is 3. The number of nitrogens with zero attached hydrogens (tertiary/aromatic N) is 2. The summed E-state index contributed by atoms with van der Waals surface area (Å²) in [6.07, 6.45) is 0.827. The van der Waals surface area contributed by atoms with Crippen LogP contribution in [0.25, 0.3) is 0 Å². The van der Waals surface area contributed by atoms with E-state index in [0.29, 0.717) is 50.9 Å². The van der Waals surface area contributed by atoms with Crippen molar-refractivity contribution < 1.29 is 23.2 Å². The van der Waals surface area contributed by atoms with Crippen molar-refractivity contribution in [2.75, 3.05) is 38.0 Å². The minimum Gasteiger partial charge on any atom is -0.455 e. The summed E-state index contributed by atoms with van der Waals surface area (Å²) in [6.45, 7) is 13.1. The zero-order chi connectivity index (χ0) is 27.2. The molecule has 3 N–H and O–H groups in total. The summed E-state index contributed by atoms with van der Waals surface area (Å²) in [5.41, 5.74) is -0.0938. The van der Waals surface area contributed by atoms with E-state index in [2.05, 4.69) is 34.7 Å². The molecule has 3 rings (SSSR count). The normalized spacial score (nSPS) is 14.5. The lowest BCUT2D eigenvalue weighted by Gasteiger charge is -2.34. The maximum absolute atomic E-state index is 14.6. The van der Waals surface area contributed by atoms with Crippen LogP contribution in [0.15, 0.2) is 34.7 Å². The fraction of sp³-hybridized carbons (Fsp3) is 0.519. The number of carbonyl (C=O) groups is 3. The first kappa shape index (κ1) is 28.2. The molecule has 2 aromatic rings. The maximum Gasteiger partial charge on any atom is 0.319 e. The molecule has 0 bridgehead atoms. The van der Waals surface area contributed by atoms with Crippen molar-refractivity contribution in [3.05, 3.63) is 53.2 Å². The number of hydrogen-bond acceptors (Lipinski definition) is 5. The Labute approximate surface area is 217 Å². The molecule has 10 heteroatoms. The van der Waals surface area contributed by atoms with Crippen molar-refractivity contribution in [2.45, 2.75) is 53.1 Å². The van der Waals surface area contributed by atoms with Crippen molar-refractivity contribution in [1.82, 2.24) is 20.4 Å². The van der Waals surface area contributed by atoms with E-state index in [1.54, 1.807) is 17.0 Å². The van der Waals surface area contributed by atoms with E-state index >= 15 is 0 Å². The number of anilines is 1. The predicted octanol–water partition coefficient (Wildman–Crippen LogP) is 4.07. The molecule has 1 aliphatic heterocycles. The molecular formula is C27H38FN5O4. The standard InChI is InChI=1S/C27H38FN5O4/c1-18(2)10-11-29-26(36)30-22-8-6-19(16-21(22)28)25(35)33-14-12-32(13-15-33)17-20-7-9-23(37-20)24(34)31-27(3,4)5/h6-9,16,18H,10-15,17H2,1-5H3,(H,31,34)(H2,29,30,36). The Morgan fingerprint density at radius 2 is 1.76 bits per heavy atom. The quantitative estimate of drug-likeness (QED) is 0.491. The summed E-state index contributed by atoms with van der Waals surface area (Å²) in [6, 6.07) is 7.06. The number of halogens is 1. The molecule has 1 saturated heterocycles. The third-order valence-corrected chi connectivity index (χ3v) is 5.88. The Balaban J connectivity index is 1.48. The van der Waals surface area contributed by atoms with Crippen LogP contribution in [0.3, 0.4) is 0 Å². The molecule has 37 heavy (non-hydrogen) atoms. The monoisotopic (exact) mass is 515 g/mol. The van der Waals surface area contributed by atoms with E-state index in [0.717, 1.165) is 12.5 Å². The summed E-state index contributed by atoms with van der Waals surface area (Å²) in [7, 11) is 0. The zero-order valence-corrected chi connectivity index (χ0v) is 22.3. The second kappa shape index (κ2) is 12.2. The van der Waals surface area contributed by atoms with Gasteiger partial charge in [-0.05, 0) is 63.4 Å². The van der Waals surface area contributed by atoms with Gasteiger partial charge >= 0.3 is 6.03 Å². The average molecular weight is 516 g/mol. The molecule has 2 heterocycles. The second-order valence-corrected chi connectivity index (χ2v) is 10.8. The third kappa shape index (κ3) is 8.59. The Kier molecular flexibility index (Phi) is 9.31. The first-order valence-electron chi connectivity index (χ1n) is 12.7. The number of carbonyl (C=O) groups excluding carboxylic acids is 3. The minimum atomic E-state index is -0.660. The van der Waals surface area contributed by atoms with Crippen LogP contribution in [0, 0.1) is 11.7 Å². The molecule has 0 radical (unpaired) electrons. The number of piperazine rings is 1. The van der Waals surface area contributed by atoms with E-state index in [4.69, 9.17) is 4.42 Å². The van der Waals surface area contributed by atoms with Crippen LogP contribution in [0.4, 0.5) is 14.9 Å². The van der Waals surface area contributed by atoms with Gasteiger partial charge in [0, 0.05) is 43.8 Å². The van der Waals surface area contributed by atoms with Gasteiger partial charge in [0.05, 0.1) is 12.2 Å². The van der Waals surface area contributed by atoms with E-state index in [1.165, 1.54) is 12.1 Å². The smallest absolute Gasteiger partial charge is 0.319 e. The highest BCUT2D eigenvalue weighted by atomic mass is 19.1. The molecule has 0 saturated carbocycles. The Bertz CT molecular complexity index is 1100. The lowest BCUT2D eigenvalue weighted by molar-refractivity contribution is 0.0617. The molecule has 1 aromatic heterocycles. The van der Waals surface area contributed by atoms with E-state index in [9.17, 15) is 18.8 Å². The number of furan rings is 1. The number of urea groups is 1. The van der Waals surface area contributed by atoms with Crippen molar-refractivity contribution in [3.8, 4) is 0 Å². The highest BCUT2D eigenvalue weighted by Gasteiger charge is 2.24. The molecule has 0 spiro atoms. The van der Waals surface area contributed by atoms with Gasteiger partial charge in [-0.15, -0.1) is 0 Å². The summed E-state index contributed by atoms with van der Waals surface area (Å²) in [5.74, 6) is 0.227. The van der Waals surface area contributed by atoms with Crippen molar-refractivity contribution in [2.24, 2.45) is 5.92 Å².